The largest absolute Gasteiger partial charge is 0.494 e. The summed E-state index contributed by atoms with van der Waals surface area (Å²) in [5.74, 6) is -2.33. The number of hydrogen-bond acceptors (Lipinski definition) is 18. The summed E-state index contributed by atoms with van der Waals surface area (Å²) < 4.78 is 52.7. The molecule has 0 spiro atoms. The molecule has 2 aliphatic heterocycles. The van der Waals surface area contributed by atoms with E-state index in [9.17, 15) is 37.5 Å². The summed E-state index contributed by atoms with van der Waals surface area (Å²) in [4.78, 5) is 73.9. The van der Waals surface area contributed by atoms with Crippen LogP contribution < -0.4 is 31.3 Å². The smallest absolute Gasteiger partial charge is 0.283 e. The standard InChI is InChI=1S/C58H72Cl2N12O12S2/c1-37-52(85-36-63-37)39-13-11-38(12-14-39)31-62-54(75)48-30-42(73)33-71(48)57(78)53(58(2,3)4)66-49(74)35-83-29-28-82-27-26-81-25-23-70-32-41(67-69-70)8-5-6-24-84-43-15-17-44(18-16-43)86(79,80)72-34-47(65-55(76)50-45(59)9-7-10-46(50)60)51(68-72)56(77)64-40-19-21-61-22-20-40/h7,9-18,32,34,36,40,42,48,53,61,73H,5-6,8,19-31,33,35H2,1-4H3,(H,62,75)(H,64,77)(H,65,76)(H,66,74)/t42-,48?,53+/m0/s1. The van der Waals surface area contributed by atoms with Crippen molar-refractivity contribution in [2.45, 2.75) is 108 Å². The topological polar surface area (TPSA) is 301 Å². The normalized spacial score (nSPS) is 16.0. The molecular weight excluding hydrogens is 1190 g/mol. The molecule has 2 saturated heterocycles. The van der Waals surface area contributed by atoms with Crippen molar-refractivity contribution in [1.29, 1.82) is 0 Å². The number of amides is 5. The highest BCUT2D eigenvalue weighted by Crippen LogP contribution is 2.30. The van der Waals surface area contributed by atoms with E-state index in [1.165, 1.54) is 41.3 Å². The Hall–Kier alpha value is -6.88. The van der Waals surface area contributed by atoms with E-state index in [4.69, 9.17) is 42.1 Å². The quantitative estimate of drug-likeness (QED) is 0.0318. The van der Waals surface area contributed by atoms with E-state index in [-0.39, 0.29) is 89.8 Å². The zero-order chi connectivity index (χ0) is 61.4. The molecule has 28 heteroatoms. The summed E-state index contributed by atoms with van der Waals surface area (Å²) >= 11 is 14.1. The van der Waals surface area contributed by atoms with Gasteiger partial charge in [-0.3, -0.25) is 24.0 Å². The van der Waals surface area contributed by atoms with Crippen LogP contribution >= 0.6 is 34.5 Å². The van der Waals surface area contributed by atoms with Crippen LogP contribution in [0.15, 0.2) is 89.5 Å². The van der Waals surface area contributed by atoms with E-state index in [1.807, 2.05) is 58.2 Å². The lowest BCUT2D eigenvalue weighted by Gasteiger charge is -2.35. The number of nitrogens with zero attached hydrogens (tertiary/aromatic N) is 7. The molecule has 3 atom stereocenters. The van der Waals surface area contributed by atoms with Gasteiger partial charge in [-0.1, -0.05) is 79.5 Å². The first-order chi connectivity index (χ1) is 41.2. The number of carbonyl (C=O) groups is 5. The van der Waals surface area contributed by atoms with Gasteiger partial charge in [0.2, 0.25) is 17.7 Å². The average Bonchev–Trinajstić information content (AvgIpc) is 2.00. The highest BCUT2D eigenvalue weighted by Gasteiger charge is 2.44. The number of aliphatic hydroxyl groups excluding tert-OH is 1. The van der Waals surface area contributed by atoms with Crippen molar-refractivity contribution < 1.29 is 56.4 Å². The Morgan fingerprint density at radius 3 is 2.26 bits per heavy atom. The van der Waals surface area contributed by atoms with Crippen LogP contribution in [-0.4, -0.2) is 167 Å². The number of carbonyl (C=O) groups excluding carboxylic acids is 5. The van der Waals surface area contributed by atoms with Crippen LogP contribution in [0.4, 0.5) is 5.69 Å². The molecule has 5 amide bonds. The van der Waals surface area contributed by atoms with Crippen molar-refractivity contribution in [1.82, 2.24) is 55.3 Å². The van der Waals surface area contributed by atoms with E-state index >= 15 is 0 Å². The van der Waals surface area contributed by atoms with Crippen LogP contribution in [0, 0.1) is 12.3 Å². The van der Waals surface area contributed by atoms with E-state index in [1.54, 1.807) is 27.6 Å². The minimum absolute atomic E-state index is 0.0373. The van der Waals surface area contributed by atoms with Gasteiger partial charge in [0.15, 0.2) is 5.69 Å². The lowest BCUT2D eigenvalue weighted by atomic mass is 9.85. The van der Waals surface area contributed by atoms with Crippen LogP contribution in [0.1, 0.15) is 90.7 Å². The second-order valence-corrected chi connectivity index (χ2v) is 25.3. The maximum absolute atomic E-state index is 14.0. The highest BCUT2D eigenvalue weighted by molar-refractivity contribution is 7.89. The predicted molar refractivity (Wildman–Crippen MR) is 322 cm³/mol. The van der Waals surface area contributed by atoms with Crippen molar-refractivity contribution in [2.24, 2.45) is 5.41 Å². The molecule has 3 aromatic carbocycles. The van der Waals surface area contributed by atoms with Crippen LogP contribution in [0.2, 0.25) is 10.0 Å². The number of benzene rings is 3. The Morgan fingerprint density at radius 2 is 1.57 bits per heavy atom. The molecule has 86 heavy (non-hydrogen) atoms. The van der Waals surface area contributed by atoms with E-state index in [2.05, 4.69) is 47.0 Å². The number of aliphatic hydroxyl groups is 1. The van der Waals surface area contributed by atoms with E-state index < -0.39 is 57.3 Å². The molecule has 8 rings (SSSR count). The van der Waals surface area contributed by atoms with E-state index in [0.29, 0.717) is 75.0 Å². The van der Waals surface area contributed by atoms with Crippen molar-refractivity contribution in [3.63, 3.8) is 0 Å². The predicted octanol–water partition coefficient (Wildman–Crippen LogP) is 5.45. The third-order valence-corrected chi connectivity index (χ3v) is 17.4. The molecular formula is C58H72Cl2N12O12S2. The third kappa shape index (κ3) is 17.9. The van der Waals surface area contributed by atoms with E-state index in [0.717, 1.165) is 40.0 Å². The summed E-state index contributed by atoms with van der Waals surface area (Å²) in [6.45, 7) is 10.8. The molecule has 0 bridgehead atoms. The fraction of sp³-hybridized carbons (Fsp3) is 0.466. The van der Waals surface area contributed by atoms with Crippen molar-refractivity contribution >= 4 is 79.8 Å². The lowest BCUT2D eigenvalue weighted by Crippen LogP contribution is -2.58. The molecule has 462 valence electrons. The summed E-state index contributed by atoms with van der Waals surface area (Å²) in [7, 11) is -4.34. The molecule has 6 N–H and O–H groups in total. The maximum atomic E-state index is 14.0. The Labute approximate surface area is 513 Å². The zero-order valence-electron chi connectivity index (χ0n) is 48.3. The minimum atomic E-state index is -4.34. The summed E-state index contributed by atoms with van der Waals surface area (Å²) in [5.41, 5.74) is 4.24. The van der Waals surface area contributed by atoms with Gasteiger partial charge in [0.25, 0.3) is 21.8 Å². The van der Waals surface area contributed by atoms with Crippen LogP contribution in [0.3, 0.4) is 0 Å². The number of hydrogen-bond donors (Lipinski definition) is 6. The molecule has 2 aliphatic rings. The Kier molecular flexibility index (Phi) is 23.2. The number of nitrogens with one attached hydrogen (secondary N) is 5. The molecule has 6 aromatic rings. The molecule has 24 nitrogen and oxygen atoms in total. The fourth-order valence-electron chi connectivity index (χ4n) is 9.58. The number of ether oxygens (including phenoxy) is 4. The first-order valence-corrected chi connectivity index (χ1v) is 31.3. The first kappa shape index (κ1) is 65.1. The first-order valence-electron chi connectivity index (χ1n) is 28.3. The number of piperidine rings is 1. The Balaban J connectivity index is 0.684. The Bertz CT molecular complexity index is 3370. The molecule has 3 aromatic heterocycles. The summed E-state index contributed by atoms with van der Waals surface area (Å²) in [6.07, 6.45) is 5.50. The van der Waals surface area contributed by atoms with Gasteiger partial charge in [0.1, 0.15) is 24.4 Å². The second-order valence-electron chi connectivity index (χ2n) is 21.8. The second kappa shape index (κ2) is 30.7. The van der Waals surface area contributed by atoms with Crippen molar-refractivity contribution in [2.75, 3.05) is 71.2 Å². The van der Waals surface area contributed by atoms with Gasteiger partial charge >= 0.3 is 0 Å². The van der Waals surface area contributed by atoms with Crippen LogP contribution in [0.25, 0.3) is 10.4 Å². The number of unbranched alkanes of at least 4 members (excludes halogenated alkanes) is 1. The SMILES string of the molecule is Cc1ncsc1-c1ccc(CNC(=O)C2C[C@H](O)CN2C(=O)[C@@H](NC(=O)COCCOCCOCCn2cc(CCCCOc3ccc(S(=O)(=O)n4cc(NC(=O)c5c(Cl)cccc5Cl)c(C(=O)NC5CCNCC5)n4)cc3)nn2)C(C)(C)C)cc1. The van der Waals surface area contributed by atoms with Gasteiger partial charge in [-0.15, -0.1) is 16.4 Å². The molecule has 2 fully saturated rings. The molecule has 5 heterocycles. The minimum Gasteiger partial charge on any atom is -0.494 e. The lowest BCUT2D eigenvalue weighted by molar-refractivity contribution is -0.144. The van der Waals surface area contributed by atoms with Gasteiger partial charge in [-0.2, -0.15) is 17.6 Å². The molecule has 0 aliphatic carbocycles. The maximum Gasteiger partial charge on any atom is 0.283 e. The van der Waals surface area contributed by atoms with Gasteiger partial charge in [0, 0.05) is 31.7 Å². The number of aromatic nitrogens is 6. The number of halogens is 2. The zero-order valence-corrected chi connectivity index (χ0v) is 51.4. The van der Waals surface area contributed by atoms with Crippen molar-refractivity contribution in [3.05, 3.63) is 123 Å². The number of β-amino-alcohol motifs (C(OH)–C–C–N with tert-alkyl or cyclic N) is 1. The number of rotatable bonds is 29. The van der Waals surface area contributed by atoms with Gasteiger partial charge in [-0.25, -0.2) is 9.67 Å². The monoisotopic (exact) mass is 1260 g/mol. The van der Waals surface area contributed by atoms with Gasteiger partial charge < -0.3 is 55.5 Å². The van der Waals surface area contributed by atoms with Gasteiger partial charge in [-0.05, 0) is 105 Å². The van der Waals surface area contributed by atoms with Crippen LogP contribution in [0.5, 0.6) is 5.75 Å². The summed E-state index contributed by atoms with van der Waals surface area (Å²) in [6, 6.07) is 16.1. The van der Waals surface area contributed by atoms with Crippen molar-refractivity contribution in [3.8, 4) is 16.2 Å². The fourth-order valence-corrected chi connectivity index (χ4v) is 12.1. The number of likely N-dealkylation sites (tertiary alicyclic amines) is 1. The number of aryl methyl sites for hydroxylation is 2. The summed E-state index contributed by atoms with van der Waals surface area (Å²) in [5, 5.41) is 37.7. The van der Waals surface area contributed by atoms with Crippen LogP contribution in [-0.2, 0) is 58.1 Å². The highest BCUT2D eigenvalue weighted by atomic mass is 35.5. The average molecular weight is 1260 g/mol. The molecule has 0 saturated carbocycles. The number of thiazole rings is 1. The van der Waals surface area contributed by atoms with Gasteiger partial charge in [0.05, 0.1) is 106 Å². The number of anilines is 1. The Morgan fingerprint density at radius 1 is 0.872 bits per heavy atom. The third-order valence-electron chi connectivity index (χ3n) is 14.2. The molecule has 0 radical (unpaired) electrons. The molecule has 1 unspecified atom stereocenters.